The molecule has 1 aliphatic heterocycles. The van der Waals surface area contributed by atoms with Gasteiger partial charge in [0.25, 0.3) is 11.8 Å². The van der Waals surface area contributed by atoms with E-state index in [1.165, 1.54) is 29.3 Å². The van der Waals surface area contributed by atoms with Crippen LogP contribution in [0.2, 0.25) is 0 Å². The van der Waals surface area contributed by atoms with E-state index < -0.39 is 21.7 Å². The minimum absolute atomic E-state index is 0.116. The van der Waals surface area contributed by atoms with Gasteiger partial charge in [0.15, 0.2) is 5.82 Å². The normalized spacial score (nSPS) is 14.2. The van der Waals surface area contributed by atoms with Crippen molar-refractivity contribution in [2.75, 3.05) is 48.9 Å². The standard InChI is InChI=1S/C29H28N8O4S/c1-35-14-16-36(17-15-35)25-9-5-8-23(33-29(39)27-30-12-13-31-27)26(25)28(38)34-37-24-11-10-22(18-20(24)19-32-37)42(40,41)21-6-3-2-4-7-21/h2-13,18-19H,14-17H2,1H3,(H,30,31)(H,33,39)(H,34,38). The third kappa shape index (κ3) is 5.22. The van der Waals surface area contributed by atoms with Gasteiger partial charge in [-0.05, 0) is 49.5 Å². The molecule has 0 bridgehead atoms. The van der Waals surface area contributed by atoms with Crippen molar-refractivity contribution in [3.8, 4) is 0 Å². The number of likely N-dealkylation sites (N-methyl/N-ethyl adjacent to an activating group) is 1. The van der Waals surface area contributed by atoms with Crippen molar-refractivity contribution in [2.24, 2.45) is 0 Å². The lowest BCUT2D eigenvalue weighted by molar-refractivity contribution is 0.101. The van der Waals surface area contributed by atoms with Crippen molar-refractivity contribution < 1.29 is 18.0 Å². The summed E-state index contributed by atoms with van der Waals surface area (Å²) in [6.45, 7) is 3.05. The van der Waals surface area contributed by atoms with E-state index in [4.69, 9.17) is 0 Å². The van der Waals surface area contributed by atoms with Crippen molar-refractivity contribution in [2.45, 2.75) is 9.79 Å². The Kier molecular flexibility index (Phi) is 7.19. The van der Waals surface area contributed by atoms with Crippen LogP contribution in [-0.4, -0.2) is 78.2 Å². The van der Waals surface area contributed by atoms with Crippen molar-refractivity contribution in [1.29, 1.82) is 0 Å². The number of anilines is 2. The van der Waals surface area contributed by atoms with E-state index in [2.05, 4.69) is 35.6 Å². The van der Waals surface area contributed by atoms with Crippen LogP contribution in [0.25, 0.3) is 10.9 Å². The van der Waals surface area contributed by atoms with Gasteiger partial charge < -0.3 is 20.1 Å². The molecule has 6 rings (SSSR count). The number of benzene rings is 3. The lowest BCUT2D eigenvalue weighted by atomic mass is 10.1. The number of rotatable bonds is 7. The van der Waals surface area contributed by atoms with E-state index in [9.17, 15) is 18.0 Å². The molecular formula is C29H28N8O4S. The molecule has 2 aromatic heterocycles. The Morgan fingerprint density at radius 3 is 2.43 bits per heavy atom. The average molecular weight is 585 g/mol. The first-order chi connectivity index (χ1) is 20.3. The van der Waals surface area contributed by atoms with Gasteiger partial charge in [-0.2, -0.15) is 9.89 Å². The number of aromatic amines is 1. The van der Waals surface area contributed by atoms with Gasteiger partial charge in [0.05, 0.1) is 38.4 Å². The highest BCUT2D eigenvalue weighted by Crippen LogP contribution is 2.30. The molecule has 0 aliphatic carbocycles. The molecule has 0 saturated carbocycles. The second-order valence-electron chi connectivity index (χ2n) is 9.92. The Morgan fingerprint density at radius 1 is 0.905 bits per heavy atom. The number of imidazole rings is 1. The summed E-state index contributed by atoms with van der Waals surface area (Å²) in [6, 6.07) is 18.1. The summed E-state index contributed by atoms with van der Waals surface area (Å²) in [6.07, 6.45) is 4.51. The maximum Gasteiger partial charge on any atom is 0.291 e. The topological polar surface area (TPSA) is 145 Å². The predicted octanol–water partition coefficient (Wildman–Crippen LogP) is 2.98. The summed E-state index contributed by atoms with van der Waals surface area (Å²) in [7, 11) is -1.68. The number of carbonyl (C=O) groups excluding carboxylic acids is 2. The molecule has 0 atom stereocenters. The summed E-state index contributed by atoms with van der Waals surface area (Å²) in [5, 5.41) is 7.65. The summed E-state index contributed by atoms with van der Waals surface area (Å²) in [4.78, 5) is 39.5. The zero-order valence-corrected chi connectivity index (χ0v) is 23.5. The molecule has 1 fully saturated rings. The first kappa shape index (κ1) is 27.2. The first-order valence-electron chi connectivity index (χ1n) is 13.3. The molecule has 13 heteroatoms. The highest BCUT2D eigenvalue weighted by atomic mass is 32.2. The molecular weight excluding hydrogens is 556 g/mol. The fourth-order valence-electron chi connectivity index (χ4n) is 4.92. The number of H-pyrrole nitrogens is 1. The third-order valence-corrected chi connectivity index (χ3v) is 8.95. The van der Waals surface area contributed by atoms with Crippen LogP contribution in [-0.2, 0) is 9.84 Å². The van der Waals surface area contributed by atoms with Crippen molar-refractivity contribution >= 4 is 43.9 Å². The molecule has 12 nitrogen and oxygen atoms in total. The highest BCUT2D eigenvalue weighted by Gasteiger charge is 2.25. The molecule has 0 spiro atoms. The van der Waals surface area contributed by atoms with Crippen molar-refractivity contribution in [3.63, 3.8) is 0 Å². The SMILES string of the molecule is CN1CCN(c2cccc(NC(=O)c3ncc[nH]3)c2C(=O)Nn2ncc3cc(S(=O)(=O)c4ccccc4)ccc32)CC1. The Morgan fingerprint density at radius 2 is 1.69 bits per heavy atom. The first-order valence-corrected chi connectivity index (χ1v) is 14.8. The Hall–Kier alpha value is -5.01. The molecule has 1 aliphatic rings. The number of piperazine rings is 1. The zero-order chi connectivity index (χ0) is 29.3. The zero-order valence-electron chi connectivity index (χ0n) is 22.7. The third-order valence-electron chi connectivity index (χ3n) is 7.19. The molecule has 214 valence electrons. The van der Waals surface area contributed by atoms with Crippen LogP contribution in [0.5, 0.6) is 0 Å². The van der Waals surface area contributed by atoms with Gasteiger partial charge in [-0.15, -0.1) is 0 Å². The Balaban J connectivity index is 1.33. The number of amides is 2. The van der Waals surface area contributed by atoms with E-state index in [1.54, 1.807) is 54.7 Å². The maximum absolute atomic E-state index is 13.9. The number of hydrogen-bond donors (Lipinski definition) is 3. The molecule has 0 unspecified atom stereocenters. The van der Waals surface area contributed by atoms with Crippen molar-refractivity contribution in [1.82, 2.24) is 24.8 Å². The summed E-state index contributed by atoms with van der Waals surface area (Å²) < 4.78 is 26.2. The van der Waals surface area contributed by atoms with Crippen molar-refractivity contribution in [3.05, 3.63) is 96.7 Å². The number of hydrogen-bond acceptors (Lipinski definition) is 8. The molecule has 1 saturated heterocycles. The van der Waals surface area contributed by atoms with Gasteiger partial charge in [0, 0.05) is 44.0 Å². The van der Waals surface area contributed by atoms with E-state index in [-0.39, 0.29) is 21.2 Å². The van der Waals surface area contributed by atoms with Crippen LogP contribution in [0.1, 0.15) is 21.0 Å². The van der Waals surface area contributed by atoms with Crippen LogP contribution < -0.4 is 15.6 Å². The predicted molar refractivity (Wildman–Crippen MR) is 158 cm³/mol. The van der Waals surface area contributed by atoms with E-state index in [0.29, 0.717) is 35.4 Å². The fraction of sp³-hybridized carbons (Fsp3) is 0.172. The number of nitrogens with one attached hydrogen (secondary N) is 3. The van der Waals surface area contributed by atoms with Gasteiger partial charge >= 0.3 is 0 Å². The summed E-state index contributed by atoms with van der Waals surface area (Å²) >= 11 is 0. The minimum Gasteiger partial charge on any atom is -0.368 e. The average Bonchev–Trinajstić information content (AvgIpc) is 3.69. The van der Waals surface area contributed by atoms with Crippen LogP contribution >= 0.6 is 0 Å². The molecule has 3 N–H and O–H groups in total. The monoisotopic (exact) mass is 584 g/mol. The van der Waals surface area contributed by atoms with Gasteiger partial charge in [-0.3, -0.25) is 9.59 Å². The smallest absolute Gasteiger partial charge is 0.291 e. The van der Waals surface area contributed by atoms with Crippen LogP contribution in [0.3, 0.4) is 0 Å². The number of carbonyl (C=O) groups is 2. The minimum atomic E-state index is -3.73. The van der Waals surface area contributed by atoms with Gasteiger partial charge in [0.1, 0.15) is 0 Å². The number of nitrogens with zero attached hydrogens (tertiary/aromatic N) is 5. The molecule has 3 aromatic carbocycles. The molecule has 5 aromatic rings. The lowest BCUT2D eigenvalue weighted by Gasteiger charge is -2.35. The van der Waals surface area contributed by atoms with Crippen LogP contribution in [0.4, 0.5) is 11.4 Å². The summed E-state index contributed by atoms with van der Waals surface area (Å²) in [5.41, 5.74) is 4.58. The quantitative estimate of drug-likeness (QED) is 0.265. The maximum atomic E-state index is 13.9. The second-order valence-corrected chi connectivity index (χ2v) is 11.9. The molecule has 0 radical (unpaired) electrons. The van der Waals surface area contributed by atoms with Gasteiger partial charge in [-0.1, -0.05) is 24.3 Å². The lowest BCUT2D eigenvalue weighted by Crippen LogP contribution is -2.45. The van der Waals surface area contributed by atoms with Crippen LogP contribution in [0, 0.1) is 0 Å². The number of sulfone groups is 1. The van der Waals surface area contributed by atoms with Crippen LogP contribution in [0.15, 0.2) is 95.1 Å². The van der Waals surface area contributed by atoms with E-state index >= 15 is 0 Å². The Bertz CT molecular complexity index is 1860. The van der Waals surface area contributed by atoms with Gasteiger partial charge in [-0.25, -0.2) is 18.8 Å². The number of aromatic nitrogens is 4. The largest absolute Gasteiger partial charge is 0.368 e. The fourth-order valence-corrected chi connectivity index (χ4v) is 6.24. The second kappa shape index (κ2) is 11.1. The summed E-state index contributed by atoms with van der Waals surface area (Å²) in [5.74, 6) is -0.864. The van der Waals surface area contributed by atoms with E-state index in [1.807, 2.05) is 13.1 Å². The van der Waals surface area contributed by atoms with Gasteiger partial charge in [0.2, 0.25) is 9.84 Å². The number of fused-ring (bicyclic) bond motifs is 1. The molecule has 42 heavy (non-hydrogen) atoms. The highest BCUT2D eigenvalue weighted by molar-refractivity contribution is 7.91. The molecule has 3 heterocycles. The molecule has 2 amide bonds. The Labute approximate surface area is 241 Å². The van der Waals surface area contributed by atoms with E-state index in [0.717, 1.165) is 13.1 Å².